The predicted molar refractivity (Wildman–Crippen MR) is 44.4 cm³/mol. The molecular formula is C5H13N3O2S. The van der Waals surface area contributed by atoms with E-state index in [0.29, 0.717) is 0 Å². The van der Waals surface area contributed by atoms with Crippen LogP contribution in [0.25, 0.3) is 0 Å². The molecule has 0 saturated heterocycles. The number of aliphatic imine (C=N–C) groups is 1. The molecule has 0 aliphatic carbocycles. The maximum absolute atomic E-state index is 11.0. The van der Waals surface area contributed by atoms with E-state index in [9.17, 15) is 8.42 Å². The van der Waals surface area contributed by atoms with Crippen LogP contribution in [0.5, 0.6) is 0 Å². The van der Waals surface area contributed by atoms with E-state index >= 15 is 0 Å². The molecule has 0 bridgehead atoms. The van der Waals surface area contributed by atoms with Crippen LogP contribution in [0.4, 0.5) is 0 Å². The third kappa shape index (κ3) is 4.74. The van der Waals surface area contributed by atoms with Gasteiger partial charge in [0.15, 0.2) is 1.41 Å². The van der Waals surface area contributed by atoms with E-state index in [4.69, 9.17) is 2.82 Å². The van der Waals surface area contributed by atoms with Gasteiger partial charge in [-0.1, -0.05) is 13.8 Å². The maximum atomic E-state index is 11.0. The van der Waals surface area contributed by atoms with Crippen molar-refractivity contribution in [1.82, 2.24) is 4.72 Å². The van der Waals surface area contributed by atoms with E-state index in [1.54, 1.807) is 13.8 Å². The number of amidine groups is 1. The largest absolute Gasteiger partial charge is 0.297 e. The molecule has 0 rings (SSSR count). The molecule has 6 heteroatoms. The summed E-state index contributed by atoms with van der Waals surface area (Å²) in [4.78, 5) is 3.65. The Morgan fingerprint density at radius 2 is 2.36 bits per heavy atom. The second kappa shape index (κ2) is 3.68. The van der Waals surface area contributed by atoms with Gasteiger partial charge in [0.25, 0.3) is 10.2 Å². The third-order valence-electron chi connectivity index (χ3n) is 0.959. The zero-order chi connectivity index (χ0) is 10.6. The Bertz CT molecular complexity index is 288. The van der Waals surface area contributed by atoms with Crippen molar-refractivity contribution in [3.8, 4) is 0 Å². The fourth-order valence-electron chi connectivity index (χ4n) is 0.528. The first-order valence-corrected chi connectivity index (χ1v) is 4.50. The summed E-state index contributed by atoms with van der Waals surface area (Å²) in [5, 5.41) is 1.29. The molecule has 0 saturated carbocycles. The monoisotopic (exact) mass is 181 g/mol. The van der Waals surface area contributed by atoms with Crippen LogP contribution in [0.2, 0.25) is 2.82 Å². The third-order valence-corrected chi connectivity index (χ3v) is 1.39. The van der Waals surface area contributed by atoms with Gasteiger partial charge in [0, 0.05) is 13.0 Å². The zero-order valence-corrected chi connectivity index (χ0v) is 7.51. The fourth-order valence-corrected chi connectivity index (χ4v) is 1.07. The van der Waals surface area contributed by atoms with Gasteiger partial charge >= 0.3 is 0 Å². The summed E-state index contributed by atoms with van der Waals surface area (Å²) < 4.78 is 35.8. The number of nitrogens with zero attached hydrogens (tertiary/aromatic N) is 1. The molecule has 0 unspecified atom stereocenters. The van der Waals surface area contributed by atoms with Crippen LogP contribution in [-0.2, 0) is 10.2 Å². The van der Waals surface area contributed by atoms with Crippen molar-refractivity contribution < 1.29 is 11.2 Å². The molecule has 0 aromatic carbocycles. The molecule has 0 aliphatic heterocycles. The van der Waals surface area contributed by atoms with Crippen molar-refractivity contribution in [3.05, 3.63) is 0 Å². The summed E-state index contributed by atoms with van der Waals surface area (Å²) in [6.45, 7) is 3.42. The molecule has 11 heavy (non-hydrogen) atoms. The van der Waals surface area contributed by atoms with Gasteiger partial charge in [0.05, 0.1) is 0 Å². The van der Waals surface area contributed by atoms with Crippen LogP contribution in [0.3, 0.4) is 0 Å². The number of hydrogen-bond acceptors (Lipinski definition) is 3. The van der Waals surface area contributed by atoms with Crippen LogP contribution in [-0.4, -0.2) is 21.3 Å². The number of nitrogens with one attached hydrogen (secondary N) is 1. The van der Waals surface area contributed by atoms with E-state index < -0.39 is 10.2 Å². The Hall–Kier alpha value is -0.620. The van der Waals surface area contributed by atoms with E-state index in [0.717, 1.165) is 0 Å². The fraction of sp³-hybridized carbons (Fsp3) is 0.800. The highest BCUT2D eigenvalue weighted by Gasteiger charge is 2.08. The summed E-state index contributed by atoms with van der Waals surface area (Å²) in [7, 11) is -2.67. The highest BCUT2D eigenvalue weighted by atomic mass is 32.2. The topological polar surface area (TPSA) is 84.5 Å². The predicted octanol–water partition coefficient (Wildman–Crippen LogP) is -0.536. The first-order valence-electron chi connectivity index (χ1n) is 4.01. The van der Waals surface area contributed by atoms with Gasteiger partial charge in [-0.25, -0.2) is 5.13 Å². The summed E-state index contributed by atoms with van der Waals surface area (Å²) >= 11 is 0. The molecular weight excluding hydrogens is 166 g/mol. The Morgan fingerprint density at radius 3 is 2.64 bits per heavy atom. The lowest BCUT2D eigenvalue weighted by molar-refractivity contribution is 0.592. The minimum absolute atomic E-state index is 0.0831. The molecule has 0 aliphatic rings. The Kier molecular flexibility index (Phi) is 2.36. The molecule has 3 N–H and O–H groups in total. The van der Waals surface area contributed by atoms with Crippen LogP contribution < -0.4 is 9.85 Å². The van der Waals surface area contributed by atoms with E-state index in [1.807, 2.05) is 0 Å². The molecule has 66 valence electrons. The highest BCUT2D eigenvalue weighted by Crippen LogP contribution is 1.93. The summed E-state index contributed by atoms with van der Waals surface area (Å²) in [6.07, 6.45) is 0. The molecule has 0 atom stereocenters. The lowest BCUT2D eigenvalue weighted by Gasteiger charge is -2.09. The normalized spacial score (nSPS) is 16.2. The lowest BCUT2D eigenvalue weighted by Crippen LogP contribution is -2.38. The van der Waals surface area contributed by atoms with Crippen LogP contribution in [0.1, 0.15) is 13.8 Å². The number of hydrogen-bond donors (Lipinski definition) is 2. The van der Waals surface area contributed by atoms with Crippen molar-refractivity contribution in [3.63, 3.8) is 0 Å². The van der Waals surface area contributed by atoms with E-state index in [1.165, 1.54) is 12.2 Å². The molecule has 0 radical (unpaired) electrons. The number of nitrogens with two attached hydrogens (primary N) is 1. The maximum Gasteiger partial charge on any atom is 0.297 e. The van der Waals surface area contributed by atoms with Crippen LogP contribution in [0, 0.1) is 5.92 Å². The minimum Gasteiger partial charge on any atom is -0.275 e. The van der Waals surface area contributed by atoms with Gasteiger partial charge in [0.2, 0.25) is 0 Å². The van der Waals surface area contributed by atoms with Crippen molar-refractivity contribution >= 4 is 16.0 Å². The van der Waals surface area contributed by atoms with Crippen molar-refractivity contribution in [2.24, 2.45) is 16.0 Å². The summed E-state index contributed by atoms with van der Waals surface area (Å²) in [6, 6.07) is 0. The Labute approximate surface area is 69.8 Å². The molecule has 0 amide bonds. The van der Waals surface area contributed by atoms with E-state index in [-0.39, 0.29) is 16.5 Å². The first-order chi connectivity index (χ1) is 5.86. The second-order valence-electron chi connectivity index (χ2n) is 2.30. The van der Waals surface area contributed by atoms with E-state index in [2.05, 4.69) is 4.99 Å². The standard InChI is InChI=1S/C5H13N3O2S/c1-4(2)5(7-3)8-11(6,9)10/h4H,1-3H3,(H,7,8)(H2,6,9,10)/i/hD2. The average Bonchev–Trinajstić information content (AvgIpc) is 2.05. The van der Waals surface area contributed by atoms with Gasteiger partial charge in [-0.15, -0.1) is 0 Å². The molecule has 0 heterocycles. The zero-order valence-electron chi connectivity index (χ0n) is 8.70. The summed E-state index contributed by atoms with van der Waals surface area (Å²) in [5.41, 5.74) is 0. The van der Waals surface area contributed by atoms with Crippen LogP contribution in [0.15, 0.2) is 4.99 Å². The van der Waals surface area contributed by atoms with Crippen molar-refractivity contribution in [2.75, 3.05) is 7.05 Å². The molecule has 0 fully saturated rings. The number of rotatable bonds is 3. The average molecular weight is 181 g/mol. The minimum atomic E-state index is -4.07. The van der Waals surface area contributed by atoms with Gasteiger partial charge in [-0.05, 0) is 0 Å². The van der Waals surface area contributed by atoms with Crippen LogP contribution >= 0.6 is 0 Å². The van der Waals surface area contributed by atoms with Gasteiger partial charge < -0.3 is 0 Å². The lowest BCUT2D eigenvalue weighted by atomic mass is 10.2. The molecule has 0 spiro atoms. The SMILES string of the molecule is [2H]NS(=O)(=O)N([2H])/C(=N/C)C(C)C. The van der Waals surface area contributed by atoms with Gasteiger partial charge in [0.1, 0.15) is 7.25 Å². The molecule has 0 aromatic rings. The first kappa shape index (κ1) is 7.05. The highest BCUT2D eigenvalue weighted by molar-refractivity contribution is 7.87. The quantitative estimate of drug-likeness (QED) is 0.453. The molecule has 0 aromatic heterocycles. The molecule has 5 nitrogen and oxygen atoms in total. The van der Waals surface area contributed by atoms with Crippen molar-refractivity contribution in [2.45, 2.75) is 13.8 Å². The smallest absolute Gasteiger partial charge is 0.275 e. The van der Waals surface area contributed by atoms with Gasteiger partial charge in [-0.2, -0.15) is 8.42 Å². The Balaban J connectivity index is 4.89. The van der Waals surface area contributed by atoms with Crippen molar-refractivity contribution in [1.29, 1.82) is 0 Å². The second-order valence-corrected chi connectivity index (χ2v) is 3.44. The Morgan fingerprint density at radius 1 is 1.82 bits per heavy atom. The summed E-state index contributed by atoms with van der Waals surface area (Å²) in [5.74, 6) is -0.106. The van der Waals surface area contributed by atoms with Gasteiger partial charge in [-0.3, -0.25) is 9.71 Å².